The molecule has 1 aromatic carbocycles. The van der Waals surface area contributed by atoms with Crippen LogP contribution in [0.4, 0.5) is 5.00 Å². The van der Waals surface area contributed by atoms with Gasteiger partial charge in [0.2, 0.25) is 5.91 Å². The molecule has 0 fully saturated rings. The number of hydrogen-bond acceptors (Lipinski definition) is 7. The Morgan fingerprint density at radius 2 is 2.15 bits per heavy atom. The van der Waals surface area contributed by atoms with Gasteiger partial charge in [-0.15, -0.1) is 21.5 Å². The quantitative estimate of drug-likeness (QED) is 0.481. The average molecular weight is 423 g/mol. The molecule has 1 N–H and O–H groups in total. The topological polar surface area (TPSA) is 86.1 Å². The largest absolute Gasteiger partial charge is 0.465 e. The number of amides is 1. The second-order valence-electron chi connectivity index (χ2n) is 5.37. The number of carbonyl (C=O) groups is 2. The fraction of sp³-hybridized carbons (Fsp3) is 0.176. The lowest BCUT2D eigenvalue weighted by Crippen LogP contribution is -2.16. The second-order valence-corrected chi connectivity index (χ2v) is 7.66. The second kappa shape index (κ2) is 8.55. The third-order valence-electron chi connectivity index (χ3n) is 3.57. The SMILES string of the molecule is COC(=O)c1ccsc1NC(=O)CSc1nnc(-c2cccc(Cl)c2)n1C. The normalized spacial score (nSPS) is 10.6. The molecule has 0 saturated carbocycles. The summed E-state index contributed by atoms with van der Waals surface area (Å²) >= 11 is 8.53. The van der Waals surface area contributed by atoms with Gasteiger partial charge in [-0.1, -0.05) is 35.5 Å². The number of rotatable bonds is 6. The first kappa shape index (κ1) is 19.4. The number of thioether (sulfide) groups is 1. The molecule has 0 aliphatic rings. The fourth-order valence-corrected chi connectivity index (χ4v) is 3.98. The van der Waals surface area contributed by atoms with E-state index in [4.69, 9.17) is 16.3 Å². The highest BCUT2D eigenvalue weighted by atomic mass is 35.5. The zero-order valence-electron chi connectivity index (χ0n) is 14.4. The van der Waals surface area contributed by atoms with Gasteiger partial charge in [0.25, 0.3) is 0 Å². The zero-order chi connectivity index (χ0) is 19.4. The Bertz CT molecular complexity index is 986. The maximum atomic E-state index is 12.2. The van der Waals surface area contributed by atoms with E-state index in [9.17, 15) is 9.59 Å². The van der Waals surface area contributed by atoms with E-state index in [1.165, 1.54) is 30.2 Å². The van der Waals surface area contributed by atoms with Crippen molar-refractivity contribution < 1.29 is 14.3 Å². The van der Waals surface area contributed by atoms with Crippen LogP contribution in [-0.2, 0) is 16.6 Å². The van der Waals surface area contributed by atoms with Crippen molar-refractivity contribution in [3.8, 4) is 11.4 Å². The molecular weight excluding hydrogens is 408 g/mol. The summed E-state index contributed by atoms with van der Waals surface area (Å²) in [5, 5.41) is 14.4. The van der Waals surface area contributed by atoms with Gasteiger partial charge in [0.05, 0.1) is 18.4 Å². The van der Waals surface area contributed by atoms with E-state index in [1.54, 1.807) is 28.1 Å². The van der Waals surface area contributed by atoms with Crippen molar-refractivity contribution in [2.75, 3.05) is 18.2 Å². The lowest BCUT2D eigenvalue weighted by atomic mass is 10.2. The van der Waals surface area contributed by atoms with Gasteiger partial charge in [-0.3, -0.25) is 4.79 Å². The van der Waals surface area contributed by atoms with Gasteiger partial charge in [0.15, 0.2) is 11.0 Å². The number of benzene rings is 1. The molecule has 7 nitrogen and oxygen atoms in total. The van der Waals surface area contributed by atoms with Crippen molar-refractivity contribution in [1.29, 1.82) is 0 Å². The summed E-state index contributed by atoms with van der Waals surface area (Å²) in [4.78, 5) is 23.9. The molecule has 0 aliphatic carbocycles. The molecule has 27 heavy (non-hydrogen) atoms. The molecule has 0 saturated heterocycles. The first-order valence-electron chi connectivity index (χ1n) is 7.73. The van der Waals surface area contributed by atoms with Crippen LogP contribution in [-0.4, -0.2) is 39.5 Å². The van der Waals surface area contributed by atoms with Crippen LogP contribution in [0, 0.1) is 0 Å². The molecule has 0 unspecified atom stereocenters. The Kier molecular flexibility index (Phi) is 6.15. The lowest BCUT2D eigenvalue weighted by Gasteiger charge is -2.06. The molecule has 0 atom stereocenters. The molecule has 0 spiro atoms. The van der Waals surface area contributed by atoms with Crippen LogP contribution in [0.2, 0.25) is 5.02 Å². The van der Waals surface area contributed by atoms with Crippen molar-refractivity contribution in [3.63, 3.8) is 0 Å². The Hall–Kier alpha value is -2.36. The Morgan fingerprint density at radius 1 is 1.33 bits per heavy atom. The molecule has 140 valence electrons. The van der Waals surface area contributed by atoms with Crippen molar-refractivity contribution in [3.05, 3.63) is 46.3 Å². The number of carbonyl (C=O) groups excluding carboxylic acids is 2. The third kappa shape index (κ3) is 4.49. The van der Waals surface area contributed by atoms with Gasteiger partial charge in [-0.25, -0.2) is 4.79 Å². The highest BCUT2D eigenvalue weighted by molar-refractivity contribution is 7.99. The molecule has 3 rings (SSSR count). The molecule has 2 aromatic heterocycles. The maximum Gasteiger partial charge on any atom is 0.340 e. The first-order valence-corrected chi connectivity index (χ1v) is 9.97. The number of halogens is 1. The fourth-order valence-electron chi connectivity index (χ4n) is 2.29. The Morgan fingerprint density at radius 3 is 2.89 bits per heavy atom. The number of esters is 1. The number of methoxy groups -OCH3 is 1. The maximum absolute atomic E-state index is 12.2. The summed E-state index contributed by atoms with van der Waals surface area (Å²) in [6.07, 6.45) is 0. The van der Waals surface area contributed by atoms with Crippen molar-refractivity contribution >= 4 is 51.6 Å². The molecule has 2 heterocycles. The van der Waals surface area contributed by atoms with E-state index in [-0.39, 0.29) is 11.7 Å². The van der Waals surface area contributed by atoms with Gasteiger partial charge < -0.3 is 14.6 Å². The van der Waals surface area contributed by atoms with E-state index in [2.05, 4.69) is 15.5 Å². The number of anilines is 1. The predicted molar refractivity (Wildman–Crippen MR) is 106 cm³/mol. The van der Waals surface area contributed by atoms with Crippen molar-refractivity contribution in [2.45, 2.75) is 5.16 Å². The monoisotopic (exact) mass is 422 g/mol. The zero-order valence-corrected chi connectivity index (χ0v) is 16.8. The van der Waals surface area contributed by atoms with E-state index >= 15 is 0 Å². The van der Waals surface area contributed by atoms with Gasteiger partial charge in [0, 0.05) is 17.6 Å². The molecular formula is C17H15ClN4O3S2. The minimum absolute atomic E-state index is 0.125. The van der Waals surface area contributed by atoms with Crippen LogP contribution in [0.1, 0.15) is 10.4 Å². The van der Waals surface area contributed by atoms with Crippen LogP contribution in [0.5, 0.6) is 0 Å². The standard InChI is InChI=1S/C17H15ClN4O3S2/c1-22-14(10-4-3-5-11(18)8-10)20-21-17(22)27-9-13(23)19-15-12(6-7-26-15)16(24)25-2/h3-8H,9H2,1-2H3,(H,19,23). The summed E-state index contributed by atoms with van der Waals surface area (Å²) in [6, 6.07) is 8.93. The predicted octanol–water partition coefficient (Wildman–Crippen LogP) is 3.71. The lowest BCUT2D eigenvalue weighted by molar-refractivity contribution is -0.113. The summed E-state index contributed by atoms with van der Waals surface area (Å²) in [5.74, 6) is 0.0465. The number of nitrogens with zero attached hydrogens (tertiary/aromatic N) is 3. The van der Waals surface area contributed by atoms with Crippen LogP contribution >= 0.6 is 34.7 Å². The minimum Gasteiger partial charge on any atom is -0.465 e. The number of hydrogen-bond donors (Lipinski definition) is 1. The van der Waals surface area contributed by atoms with Gasteiger partial charge >= 0.3 is 5.97 Å². The number of thiophene rings is 1. The molecule has 1 amide bonds. The molecule has 0 bridgehead atoms. The van der Waals surface area contributed by atoms with Gasteiger partial charge in [0.1, 0.15) is 5.00 Å². The van der Waals surface area contributed by atoms with E-state index in [1.807, 2.05) is 19.2 Å². The van der Waals surface area contributed by atoms with Crippen molar-refractivity contribution in [2.24, 2.45) is 7.05 Å². The smallest absolute Gasteiger partial charge is 0.340 e. The number of nitrogens with one attached hydrogen (secondary N) is 1. The first-order chi connectivity index (χ1) is 13.0. The summed E-state index contributed by atoms with van der Waals surface area (Å²) in [7, 11) is 3.12. The highest BCUT2D eigenvalue weighted by Gasteiger charge is 2.17. The van der Waals surface area contributed by atoms with E-state index < -0.39 is 5.97 Å². The summed E-state index contributed by atoms with van der Waals surface area (Å²) < 4.78 is 6.50. The Balaban J connectivity index is 1.65. The van der Waals surface area contributed by atoms with Crippen molar-refractivity contribution in [1.82, 2.24) is 14.8 Å². The van der Waals surface area contributed by atoms with Crippen LogP contribution < -0.4 is 5.32 Å². The molecule has 10 heteroatoms. The molecule has 0 aliphatic heterocycles. The van der Waals surface area contributed by atoms with Gasteiger partial charge in [-0.05, 0) is 23.6 Å². The highest BCUT2D eigenvalue weighted by Crippen LogP contribution is 2.26. The minimum atomic E-state index is -0.487. The summed E-state index contributed by atoms with van der Waals surface area (Å²) in [5.41, 5.74) is 1.18. The third-order valence-corrected chi connectivity index (χ3v) is 5.66. The van der Waals surface area contributed by atoms with Crippen LogP contribution in [0.25, 0.3) is 11.4 Å². The molecule has 3 aromatic rings. The Labute approximate surface area is 168 Å². The average Bonchev–Trinajstić information content (AvgIpc) is 3.26. The number of aromatic nitrogens is 3. The van der Waals surface area contributed by atoms with E-state index in [0.29, 0.717) is 26.6 Å². The van der Waals surface area contributed by atoms with Gasteiger partial charge in [-0.2, -0.15) is 0 Å². The summed E-state index contributed by atoms with van der Waals surface area (Å²) in [6.45, 7) is 0. The number of ether oxygens (including phenoxy) is 1. The van der Waals surface area contributed by atoms with Crippen LogP contribution in [0.3, 0.4) is 0 Å². The van der Waals surface area contributed by atoms with E-state index in [0.717, 1.165) is 5.56 Å². The molecule has 0 radical (unpaired) electrons. The van der Waals surface area contributed by atoms with Crippen LogP contribution in [0.15, 0.2) is 40.9 Å².